The number of aryl methyl sites for hydroxylation is 1. The van der Waals surface area contributed by atoms with E-state index in [4.69, 9.17) is 4.74 Å². The van der Waals surface area contributed by atoms with Crippen molar-refractivity contribution in [3.8, 4) is 0 Å². The van der Waals surface area contributed by atoms with Gasteiger partial charge in [0.25, 0.3) is 0 Å². The number of hydrogen-bond donors (Lipinski definition) is 0. The topological polar surface area (TPSA) is 46.6 Å². The monoisotopic (exact) mass is 321 g/mol. The molecule has 5 heteroatoms. The minimum absolute atomic E-state index is 0.00348. The Morgan fingerprint density at radius 3 is 2.86 bits per heavy atom. The van der Waals surface area contributed by atoms with E-state index in [1.165, 1.54) is 0 Å². The molecule has 0 N–H and O–H groups in total. The number of nitrogens with zero attached hydrogens (tertiary/aromatic N) is 1. The van der Waals surface area contributed by atoms with E-state index in [1.807, 2.05) is 31.2 Å². The number of hydrogen-bond acceptors (Lipinski definition) is 4. The van der Waals surface area contributed by atoms with E-state index in [9.17, 15) is 9.59 Å². The van der Waals surface area contributed by atoms with E-state index in [0.29, 0.717) is 12.4 Å². The van der Waals surface area contributed by atoms with Crippen molar-refractivity contribution in [1.29, 1.82) is 0 Å². The number of thioether (sulfide) groups is 1. The van der Waals surface area contributed by atoms with Crippen molar-refractivity contribution < 1.29 is 14.3 Å². The fourth-order valence-electron chi connectivity index (χ4n) is 2.47. The zero-order chi connectivity index (χ0) is 15.9. The average molecular weight is 321 g/mol. The van der Waals surface area contributed by atoms with E-state index >= 15 is 0 Å². The van der Waals surface area contributed by atoms with Crippen molar-refractivity contribution in [2.24, 2.45) is 0 Å². The van der Waals surface area contributed by atoms with E-state index in [-0.39, 0.29) is 23.8 Å². The minimum atomic E-state index is -0.314. The Morgan fingerprint density at radius 2 is 2.14 bits per heavy atom. The van der Waals surface area contributed by atoms with E-state index in [0.717, 1.165) is 30.4 Å². The summed E-state index contributed by atoms with van der Waals surface area (Å²) in [5, 5.41) is -0.0862. The Morgan fingerprint density at radius 1 is 1.36 bits per heavy atom. The van der Waals surface area contributed by atoms with Crippen LogP contribution in [0.25, 0.3) is 0 Å². The smallest absolute Gasteiger partial charge is 0.325 e. The molecule has 22 heavy (non-hydrogen) atoms. The van der Waals surface area contributed by atoms with Crippen LogP contribution in [0.3, 0.4) is 0 Å². The first-order chi connectivity index (χ1) is 10.6. The first-order valence-corrected chi connectivity index (χ1v) is 8.80. The molecule has 1 atom stereocenters. The van der Waals surface area contributed by atoms with Gasteiger partial charge in [-0.15, -0.1) is 11.8 Å². The molecular weight excluding hydrogens is 298 g/mol. The second kappa shape index (κ2) is 8.22. The summed E-state index contributed by atoms with van der Waals surface area (Å²) in [6.07, 6.45) is 3.03. The molecule has 1 saturated heterocycles. The summed E-state index contributed by atoms with van der Waals surface area (Å²) in [6.45, 7) is 4.61. The maximum atomic E-state index is 12.1. The highest BCUT2D eigenvalue weighted by Crippen LogP contribution is 2.39. The SMILES string of the molecule is CCCCCOC(=O)CN1C(=O)CSC1c1ccccc1C. The van der Waals surface area contributed by atoms with Crippen LogP contribution >= 0.6 is 11.8 Å². The highest BCUT2D eigenvalue weighted by molar-refractivity contribution is 8.00. The predicted molar refractivity (Wildman–Crippen MR) is 88.6 cm³/mol. The molecule has 0 saturated carbocycles. The largest absolute Gasteiger partial charge is 0.464 e. The summed E-state index contributed by atoms with van der Waals surface area (Å²) in [5.41, 5.74) is 2.23. The van der Waals surface area contributed by atoms with Crippen LogP contribution in [0, 0.1) is 6.92 Å². The number of amides is 1. The lowest BCUT2D eigenvalue weighted by atomic mass is 10.1. The number of esters is 1. The number of unbranched alkanes of at least 4 members (excludes halogenated alkanes) is 2. The third-order valence-electron chi connectivity index (χ3n) is 3.73. The molecule has 0 radical (unpaired) electrons. The zero-order valence-electron chi connectivity index (χ0n) is 13.2. The van der Waals surface area contributed by atoms with Crippen LogP contribution in [0.4, 0.5) is 0 Å². The van der Waals surface area contributed by atoms with Crippen LogP contribution in [0.15, 0.2) is 24.3 Å². The van der Waals surface area contributed by atoms with Gasteiger partial charge in [-0.05, 0) is 24.5 Å². The maximum absolute atomic E-state index is 12.1. The zero-order valence-corrected chi connectivity index (χ0v) is 14.0. The van der Waals surface area contributed by atoms with Gasteiger partial charge in [0, 0.05) is 0 Å². The van der Waals surface area contributed by atoms with Gasteiger partial charge in [0.2, 0.25) is 5.91 Å². The second-order valence-electron chi connectivity index (χ2n) is 5.47. The van der Waals surface area contributed by atoms with Crippen molar-refractivity contribution in [2.45, 2.75) is 38.5 Å². The van der Waals surface area contributed by atoms with E-state index < -0.39 is 0 Å². The lowest BCUT2D eigenvalue weighted by molar-refractivity contribution is -0.148. The highest BCUT2D eigenvalue weighted by Gasteiger charge is 2.35. The van der Waals surface area contributed by atoms with Crippen LogP contribution in [-0.4, -0.2) is 35.7 Å². The van der Waals surface area contributed by atoms with Crippen molar-refractivity contribution in [2.75, 3.05) is 18.9 Å². The number of ether oxygens (including phenoxy) is 1. The minimum Gasteiger partial charge on any atom is -0.464 e. The van der Waals surface area contributed by atoms with Crippen molar-refractivity contribution in [1.82, 2.24) is 4.90 Å². The number of benzene rings is 1. The summed E-state index contributed by atoms with van der Waals surface area (Å²) in [5.74, 6) is 0.108. The van der Waals surface area contributed by atoms with Crippen LogP contribution in [0.5, 0.6) is 0 Å². The van der Waals surface area contributed by atoms with Gasteiger partial charge in [0.05, 0.1) is 12.4 Å². The Balaban J connectivity index is 1.97. The van der Waals surface area contributed by atoms with Gasteiger partial charge in [-0.2, -0.15) is 0 Å². The molecule has 0 spiro atoms. The van der Waals surface area contributed by atoms with E-state index in [2.05, 4.69) is 6.92 Å². The summed E-state index contributed by atoms with van der Waals surface area (Å²) < 4.78 is 5.23. The molecule has 1 fully saturated rings. The summed E-state index contributed by atoms with van der Waals surface area (Å²) in [7, 11) is 0. The van der Waals surface area contributed by atoms with E-state index in [1.54, 1.807) is 16.7 Å². The molecule has 1 aromatic carbocycles. The summed E-state index contributed by atoms with van der Waals surface area (Å²) in [4.78, 5) is 25.7. The maximum Gasteiger partial charge on any atom is 0.325 e. The van der Waals surface area contributed by atoms with Crippen LogP contribution in [-0.2, 0) is 14.3 Å². The Hall–Kier alpha value is -1.49. The molecular formula is C17H23NO3S. The van der Waals surface area contributed by atoms with Crippen LogP contribution < -0.4 is 0 Å². The number of carbonyl (C=O) groups excluding carboxylic acids is 2. The average Bonchev–Trinajstić information content (AvgIpc) is 2.85. The van der Waals surface area contributed by atoms with Gasteiger partial charge < -0.3 is 9.64 Å². The van der Waals surface area contributed by atoms with Gasteiger partial charge in [0.15, 0.2) is 0 Å². The first-order valence-electron chi connectivity index (χ1n) is 7.75. The molecule has 1 heterocycles. The lowest BCUT2D eigenvalue weighted by Crippen LogP contribution is -2.34. The number of carbonyl (C=O) groups is 2. The molecule has 1 aliphatic rings. The molecule has 0 aromatic heterocycles. The van der Waals surface area contributed by atoms with Crippen molar-refractivity contribution in [3.05, 3.63) is 35.4 Å². The molecule has 4 nitrogen and oxygen atoms in total. The molecule has 0 aliphatic carbocycles. The second-order valence-corrected chi connectivity index (χ2v) is 6.54. The molecule has 1 unspecified atom stereocenters. The van der Waals surface area contributed by atoms with Crippen molar-refractivity contribution in [3.63, 3.8) is 0 Å². The summed E-state index contributed by atoms with van der Waals surface area (Å²) >= 11 is 1.57. The molecule has 1 aromatic rings. The highest BCUT2D eigenvalue weighted by atomic mass is 32.2. The predicted octanol–water partition coefficient (Wildman–Crippen LogP) is 3.30. The molecule has 2 rings (SSSR count). The lowest BCUT2D eigenvalue weighted by Gasteiger charge is -2.24. The molecule has 1 aliphatic heterocycles. The Labute approximate surface area is 136 Å². The van der Waals surface area contributed by atoms with Gasteiger partial charge in [-0.3, -0.25) is 9.59 Å². The quantitative estimate of drug-likeness (QED) is 0.571. The molecule has 1 amide bonds. The van der Waals surface area contributed by atoms with Crippen LogP contribution in [0.1, 0.15) is 42.7 Å². The van der Waals surface area contributed by atoms with Gasteiger partial charge in [-0.25, -0.2) is 0 Å². The first kappa shape index (κ1) is 16.9. The molecule has 0 bridgehead atoms. The van der Waals surface area contributed by atoms with Crippen molar-refractivity contribution >= 4 is 23.6 Å². The van der Waals surface area contributed by atoms with Gasteiger partial charge in [-0.1, -0.05) is 44.0 Å². The summed E-state index contributed by atoms with van der Waals surface area (Å²) in [6, 6.07) is 7.99. The van der Waals surface area contributed by atoms with Gasteiger partial charge in [0.1, 0.15) is 11.9 Å². The fourth-order valence-corrected chi connectivity index (χ4v) is 3.75. The number of rotatable bonds is 7. The normalized spacial score (nSPS) is 17.8. The third kappa shape index (κ3) is 4.26. The van der Waals surface area contributed by atoms with Crippen LogP contribution in [0.2, 0.25) is 0 Å². The Bertz CT molecular complexity index is 532. The molecule has 120 valence electrons. The Kier molecular flexibility index (Phi) is 6.31. The fraction of sp³-hybridized carbons (Fsp3) is 0.529. The third-order valence-corrected chi connectivity index (χ3v) is 4.97. The van der Waals surface area contributed by atoms with Gasteiger partial charge >= 0.3 is 5.97 Å². The standard InChI is InChI=1S/C17H23NO3S/c1-3-4-7-10-21-16(20)11-18-15(19)12-22-17(18)14-9-6-5-8-13(14)2/h5-6,8-9,17H,3-4,7,10-12H2,1-2H3.